The Labute approximate surface area is 283 Å². The number of halogens is 3. The second-order valence-corrected chi connectivity index (χ2v) is 15.8. The van der Waals surface area contributed by atoms with Crippen molar-refractivity contribution in [2.75, 3.05) is 65.2 Å². The third-order valence-electron chi connectivity index (χ3n) is 9.19. The third kappa shape index (κ3) is 7.89. The van der Waals surface area contributed by atoms with Crippen molar-refractivity contribution in [1.82, 2.24) is 23.9 Å². The monoisotopic (exact) mass is 715 g/mol. The Morgan fingerprint density at radius 3 is 2.49 bits per heavy atom. The van der Waals surface area contributed by atoms with E-state index in [1.165, 1.54) is 28.6 Å². The summed E-state index contributed by atoms with van der Waals surface area (Å²) in [5.74, 6) is -2.73. The number of piperazine rings is 2. The molecule has 6 rings (SSSR count). The maximum atomic E-state index is 15.3. The summed E-state index contributed by atoms with van der Waals surface area (Å²) in [6, 6.07) is 7.46. The summed E-state index contributed by atoms with van der Waals surface area (Å²) in [6.07, 6.45) is 2.54. The second-order valence-electron chi connectivity index (χ2n) is 12.4. The molecule has 2 bridgehead atoms. The van der Waals surface area contributed by atoms with E-state index in [9.17, 15) is 13.2 Å². The number of likely N-dealkylation sites (N-methyl/N-ethyl adjacent to an activating group) is 1. The van der Waals surface area contributed by atoms with E-state index in [2.05, 4.69) is 22.3 Å². The van der Waals surface area contributed by atoms with Crippen LogP contribution in [0, 0.1) is 11.6 Å². The van der Waals surface area contributed by atoms with Gasteiger partial charge in [0.2, 0.25) is 0 Å². The van der Waals surface area contributed by atoms with Gasteiger partial charge >= 0.3 is 0 Å². The fourth-order valence-electron chi connectivity index (χ4n) is 6.52. The highest BCUT2D eigenvalue weighted by Crippen LogP contribution is 2.43. The number of ether oxygens (including phenoxy) is 2. The SMILES string of the molecule is CN1CCN(CCS(=O)N2CC3CCC(C(=O)NOC4CCCCO4)(C2)N3S(=O)c2cc(F)c(Oc3ccc(Cl)cc3)c(F)c2)CC1. The molecular weight excluding hydrogens is 676 g/mol. The lowest BCUT2D eigenvalue weighted by Crippen LogP contribution is -2.68. The molecule has 5 atom stereocenters. The molecule has 0 spiro atoms. The average molecular weight is 716 g/mol. The molecule has 4 fully saturated rings. The molecule has 258 valence electrons. The molecule has 11 nitrogen and oxygen atoms in total. The van der Waals surface area contributed by atoms with Crippen LogP contribution in [0.5, 0.6) is 11.5 Å². The Bertz CT molecular complexity index is 1460. The lowest BCUT2D eigenvalue weighted by Gasteiger charge is -2.46. The first-order chi connectivity index (χ1) is 22.6. The lowest BCUT2D eigenvalue weighted by atomic mass is 9.97. The van der Waals surface area contributed by atoms with Crippen molar-refractivity contribution >= 4 is 39.5 Å². The van der Waals surface area contributed by atoms with Crippen molar-refractivity contribution in [3.8, 4) is 11.5 Å². The molecule has 4 heterocycles. The van der Waals surface area contributed by atoms with Crippen LogP contribution >= 0.6 is 11.6 Å². The van der Waals surface area contributed by atoms with Gasteiger partial charge < -0.3 is 14.4 Å². The molecule has 0 radical (unpaired) electrons. The number of nitrogens with one attached hydrogen (secondary N) is 1. The Kier molecular flexibility index (Phi) is 11.3. The quantitative estimate of drug-likeness (QED) is 0.354. The maximum absolute atomic E-state index is 15.3. The Morgan fingerprint density at radius 2 is 1.81 bits per heavy atom. The fraction of sp³-hybridized carbons (Fsp3) is 0.581. The summed E-state index contributed by atoms with van der Waals surface area (Å²) >= 11 is 5.90. The van der Waals surface area contributed by atoms with Crippen LogP contribution in [0.4, 0.5) is 8.78 Å². The Morgan fingerprint density at radius 1 is 1.09 bits per heavy atom. The Balaban J connectivity index is 1.22. The van der Waals surface area contributed by atoms with E-state index in [4.69, 9.17) is 25.9 Å². The number of fused-ring (bicyclic) bond motifs is 2. The molecule has 1 amide bonds. The number of amides is 1. The molecule has 0 saturated carbocycles. The first kappa shape index (κ1) is 34.8. The van der Waals surface area contributed by atoms with Crippen LogP contribution in [0.1, 0.15) is 32.1 Å². The van der Waals surface area contributed by atoms with Gasteiger partial charge in [-0.2, -0.15) is 4.31 Å². The fourth-order valence-corrected chi connectivity index (χ4v) is 9.64. The largest absolute Gasteiger partial charge is 0.451 e. The van der Waals surface area contributed by atoms with Crippen molar-refractivity contribution in [2.45, 2.75) is 54.9 Å². The summed E-state index contributed by atoms with van der Waals surface area (Å²) in [5.41, 5.74) is 1.10. The van der Waals surface area contributed by atoms with Gasteiger partial charge in [-0.3, -0.25) is 9.69 Å². The van der Waals surface area contributed by atoms with Crippen LogP contribution in [-0.4, -0.2) is 116 Å². The zero-order valence-corrected chi connectivity index (χ0v) is 28.6. The van der Waals surface area contributed by atoms with Gasteiger partial charge in [-0.15, -0.1) is 0 Å². The molecule has 4 aliphatic heterocycles. The van der Waals surface area contributed by atoms with Gasteiger partial charge in [0.15, 0.2) is 23.7 Å². The number of carbonyl (C=O) groups is 1. The highest BCUT2D eigenvalue weighted by atomic mass is 35.5. The standard InChI is InChI=1S/C31H40ClF2N5O6S2/c1-36-11-13-37(14-12-36)15-17-46(41)38-20-23-9-10-31(21-38,30(40)35-45-28-4-2-3-16-43-28)39(23)47(42)25-18-26(33)29(27(34)19-25)44-24-7-5-22(32)6-8-24/h5-8,18-19,23,28H,2-4,9-17,20-21H2,1H3,(H,35,40). The molecule has 4 saturated heterocycles. The second kappa shape index (κ2) is 15.2. The van der Waals surface area contributed by atoms with Crippen LogP contribution in [0.2, 0.25) is 5.02 Å². The highest BCUT2D eigenvalue weighted by Gasteiger charge is 2.59. The molecule has 2 aromatic carbocycles. The average Bonchev–Trinajstić information content (AvgIpc) is 3.31. The van der Waals surface area contributed by atoms with Crippen LogP contribution in [0.25, 0.3) is 0 Å². The number of carbonyl (C=O) groups excluding carboxylic acids is 1. The van der Waals surface area contributed by atoms with Gasteiger partial charge in [-0.25, -0.2) is 31.8 Å². The van der Waals surface area contributed by atoms with E-state index >= 15 is 8.78 Å². The summed E-state index contributed by atoms with van der Waals surface area (Å²) < 4.78 is 72.8. The predicted octanol–water partition coefficient (Wildman–Crippen LogP) is 3.44. The van der Waals surface area contributed by atoms with E-state index in [-0.39, 0.29) is 23.7 Å². The minimum absolute atomic E-state index is 0.00797. The molecule has 4 aliphatic rings. The van der Waals surface area contributed by atoms with Gasteiger partial charge in [0.05, 0.1) is 21.6 Å². The summed E-state index contributed by atoms with van der Waals surface area (Å²) in [4.78, 5) is 24.0. The van der Waals surface area contributed by atoms with E-state index in [1.54, 1.807) is 4.31 Å². The van der Waals surface area contributed by atoms with E-state index in [1.807, 2.05) is 0 Å². The zero-order valence-electron chi connectivity index (χ0n) is 26.2. The lowest BCUT2D eigenvalue weighted by molar-refractivity contribution is -0.204. The van der Waals surface area contributed by atoms with Crippen LogP contribution < -0.4 is 10.2 Å². The van der Waals surface area contributed by atoms with Crippen LogP contribution in [0.15, 0.2) is 41.3 Å². The number of benzene rings is 2. The molecule has 0 aromatic heterocycles. The van der Waals surface area contributed by atoms with Crippen LogP contribution in [0.3, 0.4) is 0 Å². The van der Waals surface area contributed by atoms with Crippen molar-refractivity contribution in [3.63, 3.8) is 0 Å². The summed E-state index contributed by atoms with van der Waals surface area (Å²) in [5, 5.41) is 0.437. The molecule has 0 aliphatic carbocycles. The number of nitrogens with zero attached hydrogens (tertiary/aromatic N) is 4. The van der Waals surface area contributed by atoms with E-state index in [0.29, 0.717) is 43.2 Å². The van der Waals surface area contributed by atoms with Crippen molar-refractivity contribution in [3.05, 3.63) is 53.1 Å². The van der Waals surface area contributed by atoms with Crippen molar-refractivity contribution < 1.29 is 36.3 Å². The molecule has 5 unspecified atom stereocenters. The predicted molar refractivity (Wildman–Crippen MR) is 173 cm³/mol. The molecule has 47 heavy (non-hydrogen) atoms. The van der Waals surface area contributed by atoms with Crippen molar-refractivity contribution in [2.24, 2.45) is 0 Å². The highest BCUT2D eigenvalue weighted by molar-refractivity contribution is 7.83. The smallest absolute Gasteiger partial charge is 0.266 e. The van der Waals surface area contributed by atoms with Gasteiger partial charge in [0.1, 0.15) is 22.3 Å². The van der Waals surface area contributed by atoms with Crippen molar-refractivity contribution in [1.29, 1.82) is 0 Å². The molecule has 16 heteroatoms. The minimum atomic E-state index is -2.16. The zero-order chi connectivity index (χ0) is 33.1. The van der Waals surface area contributed by atoms with Gasteiger partial charge in [0, 0.05) is 69.9 Å². The molecule has 2 aromatic rings. The van der Waals surface area contributed by atoms with E-state index in [0.717, 1.165) is 51.2 Å². The number of hydrogen-bond acceptors (Lipinski definition) is 8. The molecule has 1 N–H and O–H groups in total. The first-order valence-electron chi connectivity index (χ1n) is 15.9. The normalized spacial score (nSPS) is 27.4. The number of hydrogen-bond donors (Lipinski definition) is 1. The van der Waals surface area contributed by atoms with Gasteiger partial charge in [-0.1, -0.05) is 11.6 Å². The maximum Gasteiger partial charge on any atom is 0.266 e. The number of hydroxylamine groups is 1. The van der Waals surface area contributed by atoms with Gasteiger partial charge in [-0.05, 0) is 69.1 Å². The van der Waals surface area contributed by atoms with E-state index < -0.39 is 63.1 Å². The number of rotatable bonds is 11. The topological polar surface area (TPSA) is 104 Å². The summed E-state index contributed by atoms with van der Waals surface area (Å²) in [6.45, 7) is 5.14. The third-order valence-corrected chi connectivity index (χ3v) is 12.5. The first-order valence-corrected chi connectivity index (χ1v) is 18.6. The van der Waals surface area contributed by atoms with Crippen LogP contribution in [-0.2, 0) is 36.3 Å². The molecular formula is C31H40ClF2N5O6S2. The van der Waals surface area contributed by atoms with Gasteiger partial charge in [0.25, 0.3) is 5.91 Å². The minimum Gasteiger partial charge on any atom is -0.451 e. The Hall–Kier alpha value is -2.08. The summed E-state index contributed by atoms with van der Waals surface area (Å²) in [7, 11) is -1.49.